The highest BCUT2D eigenvalue weighted by molar-refractivity contribution is 5.49. The van der Waals surface area contributed by atoms with Crippen LogP contribution in [0, 0.1) is 0 Å². The Morgan fingerprint density at radius 2 is 1.92 bits per heavy atom. The molecule has 0 saturated heterocycles. The minimum atomic E-state index is -4.43. The third-order valence-electron chi connectivity index (χ3n) is 4.51. The number of nitrogens with one attached hydrogen (secondary N) is 1. The fourth-order valence-electron chi connectivity index (χ4n) is 2.88. The van der Waals surface area contributed by atoms with Crippen molar-refractivity contribution in [3.63, 3.8) is 0 Å². The zero-order valence-corrected chi connectivity index (χ0v) is 14.2. The van der Waals surface area contributed by atoms with Crippen LogP contribution >= 0.6 is 0 Å². The van der Waals surface area contributed by atoms with E-state index in [1.54, 1.807) is 18.3 Å². The van der Waals surface area contributed by atoms with Crippen LogP contribution in [-0.2, 0) is 19.8 Å². The van der Waals surface area contributed by atoms with Crippen molar-refractivity contribution >= 4 is 5.69 Å². The van der Waals surface area contributed by atoms with Crippen LogP contribution in [0.15, 0.2) is 42.7 Å². The molecule has 2 heterocycles. The summed E-state index contributed by atoms with van der Waals surface area (Å²) in [6.07, 6.45) is 0.988. The molecule has 3 aromatic rings. The van der Waals surface area contributed by atoms with Gasteiger partial charge < -0.3 is 9.88 Å². The number of halogens is 3. The van der Waals surface area contributed by atoms with Gasteiger partial charge in [0.1, 0.15) is 5.82 Å². The van der Waals surface area contributed by atoms with Gasteiger partial charge in [0.05, 0.1) is 12.2 Å². The Kier molecular flexibility index (Phi) is 3.97. The molecule has 0 aliphatic heterocycles. The van der Waals surface area contributed by atoms with Gasteiger partial charge in [-0.05, 0) is 43.2 Å². The molecule has 0 bridgehead atoms. The number of hydrogen-bond donors (Lipinski definition) is 1. The molecule has 5 nitrogen and oxygen atoms in total. The lowest BCUT2D eigenvalue weighted by Gasteiger charge is -2.10. The lowest BCUT2D eigenvalue weighted by molar-refractivity contribution is -0.141. The Balaban J connectivity index is 1.55. The first-order chi connectivity index (χ1) is 12.4. The average Bonchev–Trinajstić information content (AvgIpc) is 3.20. The number of hydrogen-bond acceptors (Lipinski definition) is 3. The maximum absolute atomic E-state index is 13.0. The van der Waals surface area contributed by atoms with E-state index in [2.05, 4.69) is 15.4 Å². The number of rotatable bonds is 5. The van der Waals surface area contributed by atoms with Crippen LogP contribution in [0.25, 0.3) is 5.69 Å². The van der Waals surface area contributed by atoms with Crippen molar-refractivity contribution in [2.24, 2.45) is 7.05 Å². The Hall–Kier alpha value is -2.77. The third-order valence-corrected chi connectivity index (χ3v) is 4.51. The number of alkyl halides is 3. The van der Waals surface area contributed by atoms with Crippen molar-refractivity contribution in [1.82, 2.24) is 19.3 Å². The first-order valence-electron chi connectivity index (χ1n) is 8.39. The second-order valence-corrected chi connectivity index (χ2v) is 6.49. The lowest BCUT2D eigenvalue weighted by Crippen LogP contribution is -2.08. The first kappa shape index (κ1) is 16.7. The summed E-state index contributed by atoms with van der Waals surface area (Å²) in [5, 5.41) is 7.05. The number of benzene rings is 1. The molecule has 1 aromatic carbocycles. The van der Waals surface area contributed by atoms with Gasteiger partial charge in [-0.25, -0.2) is 9.67 Å². The largest absolute Gasteiger partial charge is 0.435 e. The summed E-state index contributed by atoms with van der Waals surface area (Å²) in [6.45, 7) is 0.566. The van der Waals surface area contributed by atoms with Crippen molar-refractivity contribution in [3.05, 3.63) is 59.9 Å². The molecule has 2 aromatic heterocycles. The minimum Gasteiger partial charge on any atom is -0.378 e. The van der Waals surface area contributed by atoms with E-state index in [1.165, 1.54) is 10.7 Å². The van der Waals surface area contributed by atoms with Crippen molar-refractivity contribution in [3.8, 4) is 5.69 Å². The zero-order chi connectivity index (χ0) is 18.3. The van der Waals surface area contributed by atoms with Crippen LogP contribution in [0.5, 0.6) is 0 Å². The quantitative estimate of drug-likeness (QED) is 0.744. The van der Waals surface area contributed by atoms with Crippen LogP contribution < -0.4 is 5.32 Å². The Morgan fingerprint density at radius 3 is 2.50 bits per heavy atom. The molecule has 4 rings (SSSR count). The van der Waals surface area contributed by atoms with Crippen LogP contribution in [0.3, 0.4) is 0 Å². The molecule has 1 N–H and O–H groups in total. The van der Waals surface area contributed by atoms with Crippen molar-refractivity contribution in [2.75, 3.05) is 5.32 Å². The zero-order valence-electron chi connectivity index (χ0n) is 14.2. The molecule has 0 atom stereocenters. The van der Waals surface area contributed by atoms with E-state index in [0.717, 1.165) is 24.4 Å². The molecule has 8 heteroatoms. The highest BCUT2D eigenvalue weighted by Crippen LogP contribution is 2.42. The highest BCUT2D eigenvalue weighted by atomic mass is 19.4. The molecule has 0 radical (unpaired) electrons. The van der Waals surface area contributed by atoms with E-state index in [1.807, 2.05) is 29.9 Å². The summed E-state index contributed by atoms with van der Waals surface area (Å²) in [7, 11) is 1.92. The summed E-state index contributed by atoms with van der Waals surface area (Å²) < 4.78 is 42.4. The normalized spacial score (nSPS) is 14.6. The lowest BCUT2D eigenvalue weighted by atomic mass is 10.2. The average molecular weight is 361 g/mol. The van der Waals surface area contributed by atoms with E-state index in [9.17, 15) is 13.2 Å². The van der Waals surface area contributed by atoms with Gasteiger partial charge in [-0.1, -0.05) is 0 Å². The molecular weight excluding hydrogens is 343 g/mol. The summed E-state index contributed by atoms with van der Waals surface area (Å²) in [6, 6.07) is 8.40. The molecular formula is C18H18F3N5. The molecule has 1 saturated carbocycles. The Bertz CT molecular complexity index is 904. The molecule has 1 aliphatic rings. The van der Waals surface area contributed by atoms with Gasteiger partial charge in [-0.15, -0.1) is 0 Å². The van der Waals surface area contributed by atoms with E-state index in [-0.39, 0.29) is 5.92 Å². The number of nitrogens with zero attached hydrogens (tertiary/aromatic N) is 4. The smallest absolute Gasteiger partial charge is 0.378 e. The fraction of sp³-hybridized carbons (Fsp3) is 0.333. The van der Waals surface area contributed by atoms with Gasteiger partial charge >= 0.3 is 6.18 Å². The van der Waals surface area contributed by atoms with E-state index in [4.69, 9.17) is 0 Å². The molecule has 0 amide bonds. The summed E-state index contributed by atoms with van der Waals surface area (Å²) >= 11 is 0. The van der Waals surface area contributed by atoms with Gasteiger partial charge in [0.25, 0.3) is 0 Å². The maximum atomic E-state index is 13.0. The molecule has 1 fully saturated rings. The fourth-order valence-corrected chi connectivity index (χ4v) is 2.88. The van der Waals surface area contributed by atoms with Crippen molar-refractivity contribution in [1.29, 1.82) is 0 Å². The number of aromatic nitrogens is 4. The summed E-state index contributed by atoms with van der Waals surface area (Å²) in [5.74, 6) is 1.06. The summed E-state index contributed by atoms with van der Waals surface area (Å²) in [5.41, 5.74) is 1.29. The van der Waals surface area contributed by atoms with E-state index in [0.29, 0.717) is 17.9 Å². The maximum Gasteiger partial charge on any atom is 0.435 e. The molecule has 0 spiro atoms. The van der Waals surface area contributed by atoms with Crippen molar-refractivity contribution < 1.29 is 13.2 Å². The molecule has 136 valence electrons. The third kappa shape index (κ3) is 3.31. The second-order valence-electron chi connectivity index (χ2n) is 6.49. The van der Waals surface area contributed by atoms with Crippen molar-refractivity contribution in [2.45, 2.75) is 31.5 Å². The van der Waals surface area contributed by atoms with Gasteiger partial charge in [-0.3, -0.25) is 0 Å². The number of anilines is 1. The number of imidazole rings is 1. The Labute approximate surface area is 148 Å². The predicted octanol–water partition coefficient (Wildman–Crippen LogP) is 4.11. The monoisotopic (exact) mass is 361 g/mol. The summed E-state index contributed by atoms with van der Waals surface area (Å²) in [4.78, 5) is 4.24. The van der Waals surface area contributed by atoms with Crippen LogP contribution in [-0.4, -0.2) is 19.3 Å². The number of aryl methyl sites for hydroxylation is 1. The second kappa shape index (κ2) is 6.19. The topological polar surface area (TPSA) is 47.7 Å². The molecule has 0 unspecified atom stereocenters. The standard InChI is InChI=1S/C18H18F3N5/c1-25-9-8-22-17(25)11-23-13-4-6-14(7-5-13)26-15(12-2-3-12)10-16(24-26)18(19,20)21/h4-10,12,23H,2-3,11H2,1H3. The van der Waals surface area contributed by atoms with Crippen LogP contribution in [0.2, 0.25) is 0 Å². The molecule has 26 heavy (non-hydrogen) atoms. The first-order valence-corrected chi connectivity index (χ1v) is 8.39. The molecule has 1 aliphatic carbocycles. The van der Waals surface area contributed by atoms with Crippen LogP contribution in [0.1, 0.15) is 36.0 Å². The highest BCUT2D eigenvalue weighted by Gasteiger charge is 2.38. The Morgan fingerprint density at radius 1 is 1.19 bits per heavy atom. The van der Waals surface area contributed by atoms with Gasteiger partial charge in [0.15, 0.2) is 5.69 Å². The minimum absolute atomic E-state index is 0.166. The van der Waals surface area contributed by atoms with E-state index >= 15 is 0 Å². The van der Waals surface area contributed by atoms with Crippen LogP contribution in [0.4, 0.5) is 18.9 Å². The SMILES string of the molecule is Cn1ccnc1CNc1ccc(-n2nc(C(F)(F)F)cc2C2CC2)cc1. The van der Waals surface area contributed by atoms with Gasteiger partial charge in [0, 0.05) is 36.7 Å². The van der Waals surface area contributed by atoms with Gasteiger partial charge in [-0.2, -0.15) is 18.3 Å². The van der Waals surface area contributed by atoms with Gasteiger partial charge in [0.2, 0.25) is 0 Å². The predicted molar refractivity (Wildman–Crippen MR) is 91.1 cm³/mol. The van der Waals surface area contributed by atoms with E-state index < -0.39 is 11.9 Å².